The molecular formula is C26H42F2O. The zero-order valence-corrected chi connectivity index (χ0v) is 18.5. The van der Waals surface area contributed by atoms with Gasteiger partial charge in [-0.15, -0.1) is 6.58 Å². The Labute approximate surface area is 177 Å². The van der Waals surface area contributed by atoms with Gasteiger partial charge in [-0.2, -0.15) is 8.78 Å². The molecule has 0 spiro atoms. The monoisotopic (exact) mass is 408 g/mol. The molecule has 29 heavy (non-hydrogen) atoms. The average Bonchev–Trinajstić information content (AvgIpc) is 2.74. The zero-order valence-electron chi connectivity index (χ0n) is 18.5. The van der Waals surface area contributed by atoms with Crippen LogP contribution < -0.4 is 0 Å². The first-order chi connectivity index (χ1) is 14.0. The first kappa shape index (κ1) is 21.8. The Morgan fingerprint density at radius 1 is 0.793 bits per heavy atom. The maximum atomic E-state index is 14.4. The molecule has 166 valence electrons. The first-order valence-corrected chi connectivity index (χ1v) is 12.7. The van der Waals surface area contributed by atoms with Gasteiger partial charge in [0, 0.05) is 0 Å². The van der Waals surface area contributed by atoms with Crippen LogP contribution in [0, 0.1) is 41.4 Å². The van der Waals surface area contributed by atoms with E-state index in [0.29, 0.717) is 11.8 Å². The molecule has 1 aliphatic heterocycles. The predicted octanol–water partition coefficient (Wildman–Crippen LogP) is 8.00. The van der Waals surface area contributed by atoms with Gasteiger partial charge in [-0.1, -0.05) is 38.7 Å². The van der Waals surface area contributed by atoms with Gasteiger partial charge in [0.2, 0.25) is 0 Å². The maximum absolute atomic E-state index is 14.4. The highest BCUT2D eigenvalue weighted by molar-refractivity contribution is 4.99. The second kappa shape index (κ2) is 9.37. The molecular weight excluding hydrogens is 366 g/mol. The van der Waals surface area contributed by atoms with Crippen LogP contribution >= 0.6 is 0 Å². The molecule has 0 amide bonds. The third kappa shape index (κ3) is 4.75. The molecule has 1 heterocycles. The summed E-state index contributed by atoms with van der Waals surface area (Å²) in [7, 11) is 0. The highest BCUT2D eigenvalue weighted by atomic mass is 19.3. The largest absolute Gasteiger partial charge is 0.361 e. The number of hydrogen-bond donors (Lipinski definition) is 0. The highest BCUT2D eigenvalue weighted by Crippen LogP contribution is 2.55. The van der Waals surface area contributed by atoms with Crippen LogP contribution in [0.3, 0.4) is 0 Å². The van der Waals surface area contributed by atoms with Gasteiger partial charge in [0.25, 0.3) is 0 Å². The third-order valence-corrected chi connectivity index (χ3v) is 9.23. The summed E-state index contributed by atoms with van der Waals surface area (Å²) >= 11 is 0. The molecule has 1 saturated heterocycles. The Morgan fingerprint density at radius 3 is 1.83 bits per heavy atom. The predicted molar refractivity (Wildman–Crippen MR) is 115 cm³/mol. The summed E-state index contributed by atoms with van der Waals surface area (Å²) < 4.78 is 34.0. The van der Waals surface area contributed by atoms with Crippen molar-refractivity contribution in [2.75, 3.05) is 0 Å². The Kier molecular flexibility index (Phi) is 7.03. The van der Waals surface area contributed by atoms with Gasteiger partial charge in [0.05, 0.1) is 12.0 Å². The van der Waals surface area contributed by atoms with E-state index in [9.17, 15) is 8.78 Å². The number of rotatable bonds is 6. The number of allylic oxidation sites excluding steroid dienone is 1. The van der Waals surface area contributed by atoms with Crippen LogP contribution in [0.5, 0.6) is 0 Å². The first-order valence-electron chi connectivity index (χ1n) is 12.7. The van der Waals surface area contributed by atoms with Crippen molar-refractivity contribution in [3.8, 4) is 0 Å². The van der Waals surface area contributed by atoms with E-state index in [2.05, 4.69) is 13.5 Å². The van der Waals surface area contributed by atoms with Crippen LogP contribution in [0.25, 0.3) is 0 Å². The van der Waals surface area contributed by atoms with Crippen LogP contribution in [0.1, 0.15) is 96.8 Å². The molecule has 3 heteroatoms. The fraction of sp³-hybridized carbons (Fsp3) is 0.923. The maximum Gasteiger partial charge on any atom is 0.361 e. The van der Waals surface area contributed by atoms with Gasteiger partial charge in [-0.05, 0) is 99.7 Å². The third-order valence-electron chi connectivity index (χ3n) is 9.23. The van der Waals surface area contributed by atoms with Crippen LogP contribution in [-0.2, 0) is 4.74 Å². The van der Waals surface area contributed by atoms with Gasteiger partial charge in [-0.25, -0.2) is 0 Å². The molecule has 4 fully saturated rings. The normalized spacial score (nSPS) is 45.3. The van der Waals surface area contributed by atoms with Crippen molar-refractivity contribution in [3.05, 3.63) is 12.7 Å². The van der Waals surface area contributed by atoms with E-state index < -0.39 is 12.0 Å². The quantitative estimate of drug-likeness (QED) is 0.405. The minimum Gasteiger partial charge on any atom is -0.316 e. The van der Waals surface area contributed by atoms with Crippen molar-refractivity contribution in [1.82, 2.24) is 0 Å². The molecule has 3 saturated carbocycles. The fourth-order valence-corrected chi connectivity index (χ4v) is 7.43. The summed E-state index contributed by atoms with van der Waals surface area (Å²) in [6.07, 6.45) is 16.0. The topological polar surface area (TPSA) is 9.23 Å². The van der Waals surface area contributed by atoms with E-state index in [4.69, 9.17) is 4.74 Å². The van der Waals surface area contributed by atoms with Crippen molar-refractivity contribution >= 4 is 0 Å². The summed E-state index contributed by atoms with van der Waals surface area (Å²) in [4.78, 5) is 0. The molecule has 0 radical (unpaired) electrons. The van der Waals surface area contributed by atoms with Crippen LogP contribution in [0.2, 0.25) is 0 Å². The van der Waals surface area contributed by atoms with E-state index in [0.717, 1.165) is 56.3 Å². The van der Waals surface area contributed by atoms with E-state index >= 15 is 0 Å². The fourth-order valence-electron chi connectivity index (χ4n) is 7.43. The lowest BCUT2D eigenvalue weighted by atomic mass is 9.64. The number of alkyl halides is 2. The van der Waals surface area contributed by atoms with Crippen molar-refractivity contribution in [2.24, 2.45) is 41.4 Å². The minimum atomic E-state index is -2.88. The molecule has 0 bridgehead atoms. The van der Waals surface area contributed by atoms with Crippen LogP contribution in [0.4, 0.5) is 8.78 Å². The lowest BCUT2D eigenvalue weighted by Crippen LogP contribution is -2.61. The molecule has 4 rings (SSSR count). The smallest absolute Gasteiger partial charge is 0.316 e. The second-order valence-corrected chi connectivity index (χ2v) is 10.8. The summed E-state index contributed by atoms with van der Waals surface area (Å²) in [6, 6.07) is 0. The van der Waals surface area contributed by atoms with Gasteiger partial charge >= 0.3 is 6.11 Å². The van der Waals surface area contributed by atoms with Crippen LogP contribution in [-0.4, -0.2) is 12.2 Å². The van der Waals surface area contributed by atoms with Gasteiger partial charge in [0.15, 0.2) is 0 Å². The molecule has 4 aliphatic rings. The van der Waals surface area contributed by atoms with Gasteiger partial charge < -0.3 is 4.74 Å². The average molecular weight is 409 g/mol. The van der Waals surface area contributed by atoms with E-state index in [-0.39, 0.29) is 12.0 Å². The van der Waals surface area contributed by atoms with Crippen molar-refractivity contribution in [2.45, 2.75) is 109 Å². The lowest BCUT2D eigenvalue weighted by Gasteiger charge is -2.53. The standard InChI is InChI=1S/C26H42F2O/c1-3-5-19-8-10-20(11-9-19)21-14-16-23(17-15-21)25-24(26(27,28)29-25)22-12-6-18(4-2)7-13-22/h4,18-25H,2-3,5-17H2,1H3/t18?,19?,20?,21?,22?,23?,24-,25-/m0/s1. The summed E-state index contributed by atoms with van der Waals surface area (Å²) in [5.41, 5.74) is 0. The molecule has 3 aliphatic carbocycles. The summed E-state index contributed by atoms with van der Waals surface area (Å²) in [5, 5.41) is 0. The molecule has 0 aromatic heterocycles. The Morgan fingerprint density at radius 2 is 1.31 bits per heavy atom. The highest BCUT2D eigenvalue weighted by Gasteiger charge is 2.62. The van der Waals surface area contributed by atoms with Crippen molar-refractivity contribution in [1.29, 1.82) is 0 Å². The minimum absolute atomic E-state index is 0.145. The second-order valence-electron chi connectivity index (χ2n) is 10.8. The molecule has 0 unspecified atom stereocenters. The summed E-state index contributed by atoms with van der Waals surface area (Å²) in [5.74, 6) is 3.22. The van der Waals surface area contributed by atoms with Crippen molar-refractivity contribution < 1.29 is 13.5 Å². The van der Waals surface area contributed by atoms with Gasteiger partial charge in [-0.3, -0.25) is 0 Å². The molecule has 2 atom stereocenters. The lowest BCUT2D eigenvalue weighted by molar-refractivity contribution is -0.418. The van der Waals surface area contributed by atoms with Crippen molar-refractivity contribution in [3.63, 3.8) is 0 Å². The molecule has 0 N–H and O–H groups in total. The molecule has 1 nitrogen and oxygen atoms in total. The Bertz CT molecular complexity index is 523. The Hall–Kier alpha value is -0.440. The number of halogens is 2. The van der Waals surface area contributed by atoms with Crippen LogP contribution in [0.15, 0.2) is 12.7 Å². The zero-order chi connectivity index (χ0) is 20.4. The Balaban J connectivity index is 1.26. The molecule has 0 aromatic carbocycles. The number of ether oxygens (including phenoxy) is 1. The summed E-state index contributed by atoms with van der Waals surface area (Å²) in [6.45, 7) is 6.19. The van der Waals surface area contributed by atoms with E-state index in [1.807, 2.05) is 6.08 Å². The van der Waals surface area contributed by atoms with Gasteiger partial charge in [0.1, 0.15) is 0 Å². The van der Waals surface area contributed by atoms with E-state index in [1.165, 1.54) is 51.4 Å². The number of hydrogen-bond acceptors (Lipinski definition) is 1. The van der Waals surface area contributed by atoms with E-state index in [1.54, 1.807) is 0 Å². The SMILES string of the molecule is C=CC1CCC([C@H]2[C@H](C3CCC(C4CCC(CCC)CC4)CC3)OC2(F)F)CC1. The molecule has 0 aromatic rings.